The summed E-state index contributed by atoms with van der Waals surface area (Å²) in [5.41, 5.74) is -0.779. The Morgan fingerprint density at radius 1 is 1.21 bits per heavy atom. The highest BCUT2D eigenvalue weighted by Gasteiger charge is 2.42. The van der Waals surface area contributed by atoms with Gasteiger partial charge in [0.25, 0.3) is 0 Å². The highest BCUT2D eigenvalue weighted by Crippen LogP contribution is 2.39. The van der Waals surface area contributed by atoms with Gasteiger partial charge in [0.1, 0.15) is 0 Å². The molecule has 0 aromatic heterocycles. The molecule has 6 heteroatoms. The predicted molar refractivity (Wildman–Crippen MR) is 63.3 cm³/mol. The number of hydrogen-bond donors (Lipinski definition) is 2. The lowest BCUT2D eigenvalue weighted by molar-refractivity contribution is -0.184. The van der Waals surface area contributed by atoms with Crippen LogP contribution in [0.3, 0.4) is 0 Å². The average Bonchev–Trinajstić information content (AvgIpc) is 2.33. The minimum Gasteiger partial charge on any atom is -0.388 e. The van der Waals surface area contributed by atoms with Gasteiger partial charge >= 0.3 is 6.18 Å². The molecular formula is C13H20F3NO2. The van der Waals surface area contributed by atoms with Crippen molar-refractivity contribution in [2.45, 2.75) is 56.7 Å². The molecule has 2 rings (SSSR count). The van der Waals surface area contributed by atoms with Gasteiger partial charge in [-0.25, -0.2) is 0 Å². The van der Waals surface area contributed by atoms with Crippen LogP contribution < -0.4 is 5.32 Å². The van der Waals surface area contributed by atoms with E-state index in [-0.39, 0.29) is 44.1 Å². The van der Waals surface area contributed by atoms with E-state index < -0.39 is 17.7 Å². The van der Waals surface area contributed by atoms with Crippen LogP contribution in [0.25, 0.3) is 0 Å². The molecule has 1 amide bonds. The van der Waals surface area contributed by atoms with Crippen molar-refractivity contribution in [1.82, 2.24) is 5.32 Å². The molecule has 0 aromatic carbocycles. The summed E-state index contributed by atoms with van der Waals surface area (Å²) in [5, 5.41) is 12.5. The lowest BCUT2D eigenvalue weighted by Crippen LogP contribution is -2.49. The predicted octanol–water partition coefficient (Wildman–Crippen LogP) is 2.39. The van der Waals surface area contributed by atoms with Crippen molar-refractivity contribution in [2.75, 3.05) is 6.54 Å². The van der Waals surface area contributed by atoms with Crippen LogP contribution in [-0.2, 0) is 4.79 Å². The van der Waals surface area contributed by atoms with Crippen molar-refractivity contribution in [2.24, 2.45) is 11.8 Å². The van der Waals surface area contributed by atoms with Gasteiger partial charge in [0.15, 0.2) is 0 Å². The SMILES string of the molecule is O=C(NCC1(O)CCC1)C1CCC(C(F)(F)F)CC1. The molecular weight excluding hydrogens is 259 g/mol. The first-order valence-electron chi connectivity index (χ1n) is 6.87. The van der Waals surface area contributed by atoms with Gasteiger partial charge in [-0.2, -0.15) is 13.2 Å². The summed E-state index contributed by atoms with van der Waals surface area (Å²) in [5.74, 6) is -1.80. The number of carbonyl (C=O) groups is 1. The van der Waals surface area contributed by atoms with Crippen LogP contribution in [0.15, 0.2) is 0 Å². The van der Waals surface area contributed by atoms with Gasteiger partial charge in [-0.05, 0) is 44.9 Å². The zero-order valence-corrected chi connectivity index (χ0v) is 10.8. The van der Waals surface area contributed by atoms with Gasteiger partial charge in [0, 0.05) is 12.5 Å². The second kappa shape index (κ2) is 5.31. The molecule has 0 unspecified atom stereocenters. The molecule has 2 saturated carbocycles. The fraction of sp³-hybridized carbons (Fsp3) is 0.923. The monoisotopic (exact) mass is 279 g/mol. The van der Waals surface area contributed by atoms with Gasteiger partial charge in [0.2, 0.25) is 5.91 Å². The number of carbonyl (C=O) groups excluding carboxylic acids is 1. The minimum atomic E-state index is -4.14. The second-order valence-corrected chi connectivity index (χ2v) is 5.89. The molecule has 0 heterocycles. The molecule has 0 bridgehead atoms. The number of hydrogen-bond acceptors (Lipinski definition) is 2. The van der Waals surface area contributed by atoms with Gasteiger partial charge in [0.05, 0.1) is 11.5 Å². The minimum absolute atomic E-state index is 0.0336. The van der Waals surface area contributed by atoms with E-state index >= 15 is 0 Å². The Morgan fingerprint density at radius 2 is 1.79 bits per heavy atom. The van der Waals surface area contributed by atoms with Crippen molar-refractivity contribution in [3.8, 4) is 0 Å². The Hall–Kier alpha value is -0.780. The fourth-order valence-electron chi connectivity index (χ4n) is 2.84. The molecule has 110 valence electrons. The number of alkyl halides is 3. The maximum atomic E-state index is 12.5. The summed E-state index contributed by atoms with van der Waals surface area (Å²) < 4.78 is 37.5. The van der Waals surface area contributed by atoms with E-state index in [4.69, 9.17) is 0 Å². The van der Waals surface area contributed by atoms with Crippen LogP contribution in [0.2, 0.25) is 0 Å². The molecule has 2 aliphatic rings. The maximum Gasteiger partial charge on any atom is 0.391 e. The third-order valence-electron chi connectivity index (χ3n) is 4.44. The molecule has 0 saturated heterocycles. The van der Waals surface area contributed by atoms with Crippen LogP contribution in [0.1, 0.15) is 44.9 Å². The quantitative estimate of drug-likeness (QED) is 0.833. The normalized spacial score (nSPS) is 30.5. The van der Waals surface area contributed by atoms with E-state index in [9.17, 15) is 23.1 Å². The number of aliphatic hydroxyl groups is 1. The van der Waals surface area contributed by atoms with Crippen LogP contribution in [-0.4, -0.2) is 29.3 Å². The summed E-state index contributed by atoms with van der Waals surface area (Å²) in [6.07, 6.45) is -1.16. The molecule has 0 aliphatic heterocycles. The van der Waals surface area contributed by atoms with Crippen molar-refractivity contribution < 1.29 is 23.1 Å². The van der Waals surface area contributed by atoms with E-state index in [1.165, 1.54) is 0 Å². The largest absolute Gasteiger partial charge is 0.391 e. The molecule has 19 heavy (non-hydrogen) atoms. The summed E-state index contributed by atoms with van der Waals surface area (Å²) >= 11 is 0. The molecule has 2 aliphatic carbocycles. The highest BCUT2D eigenvalue weighted by molar-refractivity contribution is 5.78. The standard InChI is InChI=1S/C13H20F3NO2/c14-13(15,16)10-4-2-9(3-5-10)11(18)17-8-12(19)6-1-7-12/h9-10,19H,1-8H2,(H,17,18). The first-order chi connectivity index (χ1) is 8.80. The van der Waals surface area contributed by atoms with E-state index in [2.05, 4.69) is 5.32 Å². The number of rotatable bonds is 3. The van der Waals surface area contributed by atoms with Gasteiger partial charge in [-0.3, -0.25) is 4.79 Å². The second-order valence-electron chi connectivity index (χ2n) is 5.89. The number of nitrogens with one attached hydrogen (secondary N) is 1. The third-order valence-corrected chi connectivity index (χ3v) is 4.44. The Balaban J connectivity index is 1.73. The fourth-order valence-corrected chi connectivity index (χ4v) is 2.84. The molecule has 0 radical (unpaired) electrons. The van der Waals surface area contributed by atoms with Crippen LogP contribution in [0, 0.1) is 11.8 Å². The van der Waals surface area contributed by atoms with Crippen LogP contribution >= 0.6 is 0 Å². The Labute approximate surface area is 110 Å². The van der Waals surface area contributed by atoms with Gasteiger partial charge in [-0.1, -0.05) is 0 Å². The summed E-state index contributed by atoms with van der Waals surface area (Å²) in [6.45, 7) is 0.227. The van der Waals surface area contributed by atoms with E-state index in [1.54, 1.807) is 0 Å². The first kappa shape index (κ1) is 14.6. The number of halogens is 3. The Morgan fingerprint density at radius 3 is 2.21 bits per heavy atom. The molecule has 2 fully saturated rings. The lowest BCUT2D eigenvalue weighted by Gasteiger charge is -2.37. The first-order valence-corrected chi connectivity index (χ1v) is 6.87. The zero-order valence-electron chi connectivity index (χ0n) is 10.8. The van der Waals surface area contributed by atoms with Crippen molar-refractivity contribution >= 4 is 5.91 Å². The van der Waals surface area contributed by atoms with E-state index in [0.717, 1.165) is 6.42 Å². The molecule has 0 aromatic rings. The molecule has 0 spiro atoms. The smallest absolute Gasteiger partial charge is 0.388 e. The van der Waals surface area contributed by atoms with Gasteiger partial charge in [-0.15, -0.1) is 0 Å². The zero-order chi connectivity index (χ0) is 14.1. The van der Waals surface area contributed by atoms with Crippen molar-refractivity contribution in [3.05, 3.63) is 0 Å². The Kier molecular flexibility index (Phi) is 4.08. The van der Waals surface area contributed by atoms with E-state index in [0.29, 0.717) is 12.8 Å². The molecule has 0 atom stereocenters. The third kappa shape index (κ3) is 3.61. The maximum absolute atomic E-state index is 12.5. The number of amides is 1. The highest BCUT2D eigenvalue weighted by atomic mass is 19.4. The summed E-state index contributed by atoms with van der Waals surface area (Å²) in [4.78, 5) is 11.8. The van der Waals surface area contributed by atoms with Crippen molar-refractivity contribution in [3.63, 3.8) is 0 Å². The molecule has 2 N–H and O–H groups in total. The van der Waals surface area contributed by atoms with Crippen LogP contribution in [0.5, 0.6) is 0 Å². The van der Waals surface area contributed by atoms with Gasteiger partial charge < -0.3 is 10.4 Å². The molecule has 3 nitrogen and oxygen atoms in total. The topological polar surface area (TPSA) is 49.3 Å². The summed E-state index contributed by atoms with van der Waals surface area (Å²) in [6, 6.07) is 0. The van der Waals surface area contributed by atoms with Crippen LogP contribution in [0.4, 0.5) is 13.2 Å². The Bertz CT molecular complexity index is 331. The van der Waals surface area contributed by atoms with Crippen molar-refractivity contribution in [1.29, 1.82) is 0 Å². The lowest BCUT2D eigenvalue weighted by atomic mass is 9.79. The average molecular weight is 279 g/mol. The summed E-state index contributed by atoms with van der Waals surface area (Å²) in [7, 11) is 0. The van der Waals surface area contributed by atoms with E-state index in [1.807, 2.05) is 0 Å².